The zero-order valence-electron chi connectivity index (χ0n) is 21.9. The third-order valence-electron chi connectivity index (χ3n) is 8.65. The molecule has 2 bridgehead atoms. The van der Waals surface area contributed by atoms with Crippen LogP contribution in [0.4, 0.5) is 4.39 Å². The number of carboxylic acids is 1. The number of hydrogen-bond donors (Lipinski definition) is 3. The smallest absolute Gasteiger partial charge is 0.306 e. The molecular weight excluding hydrogens is 479 g/mol. The molecule has 3 aliphatic rings. The summed E-state index contributed by atoms with van der Waals surface area (Å²) in [6.07, 6.45) is 5.47. The Labute approximate surface area is 217 Å². The highest BCUT2D eigenvalue weighted by atomic mass is 19.1. The van der Waals surface area contributed by atoms with Crippen LogP contribution in [0.5, 0.6) is 11.5 Å². The number of carbonyl (C=O) groups is 3. The van der Waals surface area contributed by atoms with Gasteiger partial charge in [-0.3, -0.25) is 14.4 Å². The van der Waals surface area contributed by atoms with E-state index in [4.69, 9.17) is 9.47 Å². The zero-order valence-corrected chi connectivity index (χ0v) is 21.9. The minimum atomic E-state index is -0.819. The van der Waals surface area contributed by atoms with Crippen LogP contribution in [-0.4, -0.2) is 48.7 Å². The summed E-state index contributed by atoms with van der Waals surface area (Å²) < 4.78 is 26.0. The monoisotopic (exact) mass is 518 g/mol. The van der Waals surface area contributed by atoms with Crippen LogP contribution in [0.15, 0.2) is 12.1 Å². The predicted octanol–water partition coefficient (Wildman–Crippen LogP) is 4.16. The van der Waals surface area contributed by atoms with Crippen LogP contribution in [0, 0.1) is 35.4 Å². The van der Waals surface area contributed by atoms with Crippen molar-refractivity contribution in [2.24, 2.45) is 29.6 Å². The summed E-state index contributed by atoms with van der Waals surface area (Å²) >= 11 is 0. The van der Waals surface area contributed by atoms with Gasteiger partial charge in [0.05, 0.1) is 30.6 Å². The third kappa shape index (κ3) is 6.02. The summed E-state index contributed by atoms with van der Waals surface area (Å²) in [7, 11) is 1.38. The largest absolute Gasteiger partial charge is 0.496 e. The van der Waals surface area contributed by atoms with Gasteiger partial charge in [-0.1, -0.05) is 20.3 Å². The molecule has 1 aromatic rings. The number of nitrogens with one attached hydrogen (secondary N) is 2. The highest BCUT2D eigenvalue weighted by Crippen LogP contribution is 2.49. The lowest BCUT2D eigenvalue weighted by atomic mass is 9.83. The van der Waals surface area contributed by atoms with Crippen molar-refractivity contribution >= 4 is 17.8 Å². The van der Waals surface area contributed by atoms with Crippen LogP contribution in [0.3, 0.4) is 0 Å². The second kappa shape index (κ2) is 11.7. The maximum atomic E-state index is 14.8. The lowest BCUT2D eigenvalue weighted by Gasteiger charge is -2.31. The lowest BCUT2D eigenvalue weighted by Crippen LogP contribution is -2.50. The summed E-state index contributed by atoms with van der Waals surface area (Å²) in [5.74, 6) is -1.66. The molecule has 2 amide bonds. The SMILES string of the molecule is CC[C@@H](C)CNC(=O)[C@H]1[C@@H]2CC[C@@H](C2)[C@H]1NC(=O)c1cc(O[C@H]2CC[C@@H](C(=O)O)CC2)c(F)cc1OC. The maximum Gasteiger partial charge on any atom is 0.306 e. The number of ether oxygens (including phenoxy) is 2. The summed E-state index contributed by atoms with van der Waals surface area (Å²) in [4.78, 5) is 37.8. The Balaban J connectivity index is 1.47. The average molecular weight is 519 g/mol. The number of amides is 2. The Morgan fingerprint density at radius 2 is 1.78 bits per heavy atom. The van der Waals surface area contributed by atoms with Crippen molar-refractivity contribution in [2.75, 3.05) is 13.7 Å². The first-order chi connectivity index (χ1) is 17.7. The van der Waals surface area contributed by atoms with E-state index >= 15 is 0 Å². The lowest BCUT2D eigenvalue weighted by molar-refractivity contribution is -0.143. The predicted molar refractivity (Wildman–Crippen MR) is 135 cm³/mol. The number of aliphatic carboxylic acids is 1. The number of fused-ring (bicyclic) bond motifs is 2. The van der Waals surface area contributed by atoms with Gasteiger partial charge in [0.25, 0.3) is 5.91 Å². The molecule has 0 saturated heterocycles. The first-order valence-electron chi connectivity index (χ1n) is 13.6. The number of halogens is 1. The van der Waals surface area contributed by atoms with Gasteiger partial charge in [-0.05, 0) is 68.8 Å². The van der Waals surface area contributed by atoms with Crippen LogP contribution in [0.25, 0.3) is 0 Å². The quantitative estimate of drug-likeness (QED) is 0.429. The first-order valence-corrected chi connectivity index (χ1v) is 13.6. The Hall–Kier alpha value is -2.84. The molecule has 8 nitrogen and oxygen atoms in total. The van der Waals surface area contributed by atoms with E-state index < -0.39 is 23.6 Å². The molecular formula is C28H39FN2O6. The molecule has 3 saturated carbocycles. The molecule has 3 N–H and O–H groups in total. The number of rotatable bonds is 10. The Kier molecular flexibility index (Phi) is 8.60. The molecule has 4 rings (SSSR count). The zero-order chi connectivity index (χ0) is 26.7. The van der Waals surface area contributed by atoms with Crippen molar-refractivity contribution in [2.45, 2.75) is 77.4 Å². The maximum absolute atomic E-state index is 14.8. The molecule has 37 heavy (non-hydrogen) atoms. The molecule has 1 aromatic carbocycles. The molecule has 0 radical (unpaired) electrons. The first kappa shape index (κ1) is 27.2. The summed E-state index contributed by atoms with van der Waals surface area (Å²) in [5.41, 5.74) is 0.152. The topological polar surface area (TPSA) is 114 Å². The van der Waals surface area contributed by atoms with Crippen molar-refractivity contribution in [1.29, 1.82) is 0 Å². The molecule has 0 unspecified atom stereocenters. The average Bonchev–Trinajstić information content (AvgIpc) is 3.50. The normalized spacial score (nSPS) is 29.4. The molecule has 0 aromatic heterocycles. The van der Waals surface area contributed by atoms with Gasteiger partial charge in [-0.15, -0.1) is 0 Å². The van der Waals surface area contributed by atoms with Crippen molar-refractivity contribution in [3.8, 4) is 11.5 Å². The van der Waals surface area contributed by atoms with E-state index in [0.717, 1.165) is 31.7 Å². The Morgan fingerprint density at radius 1 is 1.08 bits per heavy atom. The fraction of sp³-hybridized carbons (Fsp3) is 0.679. The summed E-state index contributed by atoms with van der Waals surface area (Å²) in [6.45, 7) is 4.80. The molecule has 0 heterocycles. The number of carbonyl (C=O) groups excluding carboxylic acids is 2. The number of methoxy groups -OCH3 is 1. The third-order valence-corrected chi connectivity index (χ3v) is 8.65. The van der Waals surface area contributed by atoms with E-state index in [1.54, 1.807) is 0 Å². The van der Waals surface area contributed by atoms with E-state index in [-0.39, 0.29) is 52.9 Å². The minimum absolute atomic E-state index is 0.00939. The second-order valence-electron chi connectivity index (χ2n) is 11.0. The van der Waals surface area contributed by atoms with Gasteiger partial charge < -0.3 is 25.2 Å². The van der Waals surface area contributed by atoms with Crippen LogP contribution in [0.1, 0.15) is 75.6 Å². The van der Waals surface area contributed by atoms with Crippen molar-refractivity contribution in [3.63, 3.8) is 0 Å². The molecule has 0 spiro atoms. The molecule has 9 heteroatoms. The fourth-order valence-electron chi connectivity index (χ4n) is 6.22. The van der Waals surface area contributed by atoms with Gasteiger partial charge in [0.2, 0.25) is 5.91 Å². The van der Waals surface area contributed by atoms with Gasteiger partial charge in [0, 0.05) is 18.7 Å². The summed E-state index contributed by atoms with van der Waals surface area (Å²) in [6, 6.07) is 2.22. The number of benzene rings is 1. The van der Waals surface area contributed by atoms with Crippen LogP contribution in [0.2, 0.25) is 0 Å². The van der Waals surface area contributed by atoms with Crippen LogP contribution < -0.4 is 20.1 Å². The fourth-order valence-corrected chi connectivity index (χ4v) is 6.22. The second-order valence-corrected chi connectivity index (χ2v) is 11.0. The molecule has 5 atom stereocenters. The highest BCUT2D eigenvalue weighted by Gasteiger charge is 2.51. The van der Waals surface area contributed by atoms with Gasteiger partial charge >= 0.3 is 5.97 Å². The highest BCUT2D eigenvalue weighted by molar-refractivity contribution is 5.98. The molecule has 3 aliphatic carbocycles. The molecule has 3 fully saturated rings. The van der Waals surface area contributed by atoms with Gasteiger partial charge in [-0.2, -0.15) is 0 Å². The summed E-state index contributed by atoms with van der Waals surface area (Å²) in [5, 5.41) is 15.4. The number of hydrogen-bond acceptors (Lipinski definition) is 5. The van der Waals surface area contributed by atoms with E-state index in [9.17, 15) is 23.9 Å². The van der Waals surface area contributed by atoms with Gasteiger partial charge in [-0.25, -0.2) is 4.39 Å². The van der Waals surface area contributed by atoms with Crippen molar-refractivity contribution in [3.05, 3.63) is 23.5 Å². The molecule has 0 aliphatic heterocycles. The van der Waals surface area contributed by atoms with E-state index in [0.29, 0.717) is 38.1 Å². The minimum Gasteiger partial charge on any atom is -0.496 e. The van der Waals surface area contributed by atoms with Crippen molar-refractivity contribution in [1.82, 2.24) is 10.6 Å². The van der Waals surface area contributed by atoms with E-state index in [1.807, 2.05) is 0 Å². The standard InChI is InChI=1S/C28H39FN2O6/c1-4-15(2)14-30-27(33)24-17-5-6-18(11-17)25(24)31-26(32)20-12-23(21(29)13-22(20)36-3)37-19-9-7-16(8-10-19)28(34)35/h12-13,15-19,24-25H,4-11,14H2,1-3H3,(H,30,33)(H,31,32)(H,34,35)/t15-,16-,17-,18+,19+,24+,25-/m1/s1. The number of carboxylic acid groups (broad SMARTS) is 1. The Morgan fingerprint density at radius 3 is 2.43 bits per heavy atom. The van der Waals surface area contributed by atoms with E-state index in [2.05, 4.69) is 24.5 Å². The van der Waals surface area contributed by atoms with E-state index in [1.165, 1.54) is 13.2 Å². The van der Waals surface area contributed by atoms with Crippen LogP contribution in [-0.2, 0) is 9.59 Å². The van der Waals surface area contributed by atoms with Crippen molar-refractivity contribution < 1.29 is 33.4 Å². The van der Waals surface area contributed by atoms with Gasteiger partial charge in [0.1, 0.15) is 5.75 Å². The van der Waals surface area contributed by atoms with Crippen LogP contribution >= 0.6 is 0 Å². The van der Waals surface area contributed by atoms with Gasteiger partial charge in [0.15, 0.2) is 11.6 Å². The Bertz CT molecular complexity index is 1010. The molecule has 204 valence electrons.